The first kappa shape index (κ1) is 15.7. The average molecular weight is 265 g/mol. The van der Waals surface area contributed by atoms with Crippen LogP contribution in [0.3, 0.4) is 0 Å². The second-order valence-electron chi connectivity index (χ2n) is 3.29. The van der Waals surface area contributed by atoms with E-state index in [0.29, 0.717) is 5.75 Å². The fourth-order valence-electron chi connectivity index (χ4n) is 1.02. The maximum absolute atomic E-state index is 11.3. The molecule has 2 atom stereocenters. The topological polar surface area (TPSA) is 124 Å². The smallest absolute Gasteiger partial charge is 0.326 e. The number of rotatable bonds is 8. The van der Waals surface area contributed by atoms with Gasteiger partial charge >= 0.3 is 11.9 Å². The molecule has 0 saturated heterocycles. The highest BCUT2D eigenvalue weighted by atomic mass is 32.2. The molecule has 0 heterocycles. The second-order valence-corrected chi connectivity index (χ2v) is 4.28. The molecule has 4 N–H and O–H groups in total. The van der Waals surface area contributed by atoms with Gasteiger partial charge in [0.2, 0.25) is 5.91 Å². The van der Waals surface area contributed by atoms with Gasteiger partial charge in [0.1, 0.15) is 12.1 Å². The fourth-order valence-corrected chi connectivity index (χ4v) is 1.49. The molecule has 0 aliphatic carbocycles. The predicted octanol–water partition coefficient (Wildman–Crippen LogP) is -0.855. The SMILES string of the molecule is CSCC[C@H](NC(=O)C(O)CC(=O)O)C(=O)O. The molecular weight excluding hydrogens is 250 g/mol. The highest BCUT2D eigenvalue weighted by Crippen LogP contribution is 2.02. The Morgan fingerprint density at radius 3 is 2.29 bits per heavy atom. The van der Waals surface area contributed by atoms with E-state index in [1.54, 1.807) is 6.26 Å². The highest BCUT2D eigenvalue weighted by Gasteiger charge is 2.24. The van der Waals surface area contributed by atoms with E-state index in [1.165, 1.54) is 11.8 Å². The summed E-state index contributed by atoms with van der Waals surface area (Å²) in [5.74, 6) is -2.99. The minimum absolute atomic E-state index is 0.210. The first-order valence-electron chi connectivity index (χ1n) is 4.80. The minimum Gasteiger partial charge on any atom is -0.481 e. The fraction of sp³-hybridized carbons (Fsp3) is 0.667. The van der Waals surface area contributed by atoms with E-state index < -0.39 is 36.4 Å². The molecule has 1 amide bonds. The van der Waals surface area contributed by atoms with Crippen molar-refractivity contribution < 1.29 is 29.7 Å². The first-order valence-corrected chi connectivity index (χ1v) is 6.19. The monoisotopic (exact) mass is 265 g/mol. The number of amides is 1. The zero-order chi connectivity index (χ0) is 13.4. The summed E-state index contributed by atoms with van der Waals surface area (Å²) in [6.45, 7) is 0. The van der Waals surface area contributed by atoms with E-state index in [4.69, 9.17) is 15.3 Å². The van der Waals surface area contributed by atoms with Crippen molar-refractivity contribution in [2.24, 2.45) is 0 Å². The Balaban J connectivity index is 4.29. The number of aliphatic hydroxyl groups is 1. The molecule has 0 aliphatic rings. The zero-order valence-electron chi connectivity index (χ0n) is 9.25. The Labute approximate surface area is 102 Å². The first-order chi connectivity index (χ1) is 7.88. The summed E-state index contributed by atoms with van der Waals surface area (Å²) in [4.78, 5) is 32.3. The van der Waals surface area contributed by atoms with Crippen LogP contribution < -0.4 is 5.32 Å². The molecule has 0 saturated carbocycles. The van der Waals surface area contributed by atoms with Gasteiger partial charge in [-0.1, -0.05) is 0 Å². The van der Waals surface area contributed by atoms with E-state index >= 15 is 0 Å². The normalized spacial score (nSPS) is 13.8. The molecule has 98 valence electrons. The largest absolute Gasteiger partial charge is 0.481 e. The third kappa shape index (κ3) is 6.80. The van der Waals surface area contributed by atoms with Crippen molar-refractivity contribution in [2.75, 3.05) is 12.0 Å². The molecule has 0 radical (unpaired) electrons. The molecule has 0 aromatic rings. The van der Waals surface area contributed by atoms with Gasteiger partial charge in [-0.2, -0.15) is 11.8 Å². The highest BCUT2D eigenvalue weighted by molar-refractivity contribution is 7.98. The molecule has 17 heavy (non-hydrogen) atoms. The van der Waals surface area contributed by atoms with E-state index in [2.05, 4.69) is 5.32 Å². The Morgan fingerprint density at radius 1 is 1.29 bits per heavy atom. The van der Waals surface area contributed by atoms with Gasteiger partial charge in [0, 0.05) is 0 Å². The summed E-state index contributed by atoms with van der Waals surface area (Å²) in [7, 11) is 0. The molecule has 0 spiro atoms. The quantitative estimate of drug-likeness (QED) is 0.450. The van der Waals surface area contributed by atoms with Crippen LogP contribution in [0.25, 0.3) is 0 Å². The lowest BCUT2D eigenvalue weighted by atomic mass is 10.2. The number of aliphatic carboxylic acids is 2. The van der Waals surface area contributed by atoms with Crippen LogP contribution in [-0.4, -0.2) is 57.3 Å². The van der Waals surface area contributed by atoms with Gasteiger partial charge in [0.05, 0.1) is 6.42 Å². The number of carbonyl (C=O) groups excluding carboxylic acids is 1. The molecule has 7 nitrogen and oxygen atoms in total. The predicted molar refractivity (Wildman–Crippen MR) is 60.8 cm³/mol. The summed E-state index contributed by atoms with van der Waals surface area (Å²) in [6.07, 6.45) is -0.480. The summed E-state index contributed by atoms with van der Waals surface area (Å²) in [5, 5.41) is 28.4. The van der Waals surface area contributed by atoms with Crippen molar-refractivity contribution in [3.05, 3.63) is 0 Å². The van der Waals surface area contributed by atoms with Crippen molar-refractivity contribution in [3.8, 4) is 0 Å². The van der Waals surface area contributed by atoms with Crippen molar-refractivity contribution in [3.63, 3.8) is 0 Å². The van der Waals surface area contributed by atoms with Crippen LogP contribution in [0, 0.1) is 0 Å². The lowest BCUT2D eigenvalue weighted by Gasteiger charge is -2.15. The Morgan fingerprint density at radius 2 is 1.88 bits per heavy atom. The van der Waals surface area contributed by atoms with Crippen molar-refractivity contribution >= 4 is 29.6 Å². The summed E-state index contributed by atoms with van der Waals surface area (Å²) in [5.41, 5.74) is 0. The summed E-state index contributed by atoms with van der Waals surface area (Å²) in [6, 6.07) is -1.11. The number of hydrogen-bond acceptors (Lipinski definition) is 5. The molecule has 0 aromatic heterocycles. The summed E-state index contributed by atoms with van der Waals surface area (Å²) < 4.78 is 0. The summed E-state index contributed by atoms with van der Waals surface area (Å²) >= 11 is 1.42. The van der Waals surface area contributed by atoms with Crippen LogP contribution in [0.2, 0.25) is 0 Å². The van der Waals surface area contributed by atoms with Gasteiger partial charge in [0.25, 0.3) is 0 Å². The maximum atomic E-state index is 11.3. The van der Waals surface area contributed by atoms with Crippen molar-refractivity contribution in [1.29, 1.82) is 0 Å². The van der Waals surface area contributed by atoms with Crippen LogP contribution in [0.1, 0.15) is 12.8 Å². The van der Waals surface area contributed by atoms with Crippen LogP contribution in [-0.2, 0) is 14.4 Å². The number of carboxylic acids is 2. The Hall–Kier alpha value is -1.28. The number of thioether (sulfide) groups is 1. The third-order valence-corrected chi connectivity index (χ3v) is 2.54. The minimum atomic E-state index is -1.73. The Kier molecular flexibility index (Phi) is 7.31. The standard InChI is InChI=1S/C9H15NO6S/c1-17-3-2-5(9(15)16)10-8(14)6(11)4-7(12)13/h5-6,11H,2-4H2,1H3,(H,10,14)(H,12,13)(H,15,16)/t5-,6?/m0/s1. The average Bonchev–Trinajstić information content (AvgIpc) is 2.22. The lowest BCUT2D eigenvalue weighted by molar-refractivity contribution is -0.146. The zero-order valence-corrected chi connectivity index (χ0v) is 10.1. The lowest BCUT2D eigenvalue weighted by Crippen LogP contribution is -2.46. The van der Waals surface area contributed by atoms with Gasteiger partial charge in [-0.3, -0.25) is 9.59 Å². The van der Waals surface area contributed by atoms with Gasteiger partial charge in [-0.15, -0.1) is 0 Å². The number of carboxylic acid groups (broad SMARTS) is 2. The van der Waals surface area contributed by atoms with Crippen LogP contribution in [0.15, 0.2) is 0 Å². The van der Waals surface area contributed by atoms with Gasteiger partial charge in [0.15, 0.2) is 0 Å². The van der Waals surface area contributed by atoms with Gasteiger partial charge in [-0.05, 0) is 18.4 Å². The number of carbonyl (C=O) groups is 3. The van der Waals surface area contributed by atoms with Crippen LogP contribution >= 0.6 is 11.8 Å². The van der Waals surface area contributed by atoms with E-state index in [-0.39, 0.29) is 6.42 Å². The molecule has 0 bridgehead atoms. The maximum Gasteiger partial charge on any atom is 0.326 e. The van der Waals surface area contributed by atoms with Crippen LogP contribution in [0.4, 0.5) is 0 Å². The van der Waals surface area contributed by atoms with Crippen LogP contribution in [0.5, 0.6) is 0 Å². The van der Waals surface area contributed by atoms with E-state index in [1.807, 2.05) is 0 Å². The van der Waals surface area contributed by atoms with Crippen molar-refractivity contribution in [2.45, 2.75) is 25.0 Å². The number of nitrogens with one attached hydrogen (secondary N) is 1. The number of hydrogen-bond donors (Lipinski definition) is 4. The van der Waals surface area contributed by atoms with E-state index in [0.717, 1.165) is 0 Å². The third-order valence-electron chi connectivity index (χ3n) is 1.90. The molecule has 0 rings (SSSR count). The molecule has 0 aromatic carbocycles. The van der Waals surface area contributed by atoms with Gasteiger partial charge < -0.3 is 20.6 Å². The molecular formula is C9H15NO6S. The van der Waals surface area contributed by atoms with Crippen molar-refractivity contribution in [1.82, 2.24) is 5.32 Å². The molecule has 8 heteroatoms. The molecule has 1 unspecified atom stereocenters. The Bertz CT molecular complexity index is 295. The second kappa shape index (κ2) is 7.91. The molecule has 0 aliphatic heterocycles. The van der Waals surface area contributed by atoms with E-state index in [9.17, 15) is 14.4 Å². The van der Waals surface area contributed by atoms with Gasteiger partial charge in [-0.25, -0.2) is 4.79 Å². The number of aliphatic hydroxyl groups excluding tert-OH is 1. The molecule has 0 fully saturated rings.